The summed E-state index contributed by atoms with van der Waals surface area (Å²) in [6.07, 6.45) is 5.46. The normalized spacial score (nSPS) is 15.6. The van der Waals surface area contributed by atoms with Crippen LogP contribution in [0.15, 0.2) is 47.3 Å². The van der Waals surface area contributed by atoms with Gasteiger partial charge in [-0.3, -0.25) is 53.4 Å². The lowest BCUT2D eigenvalue weighted by Gasteiger charge is -2.35. The van der Waals surface area contributed by atoms with Crippen LogP contribution < -0.4 is 26.8 Å². The molecule has 3 aliphatic heterocycles. The number of carbonyl (C=O) groups is 8. The van der Waals surface area contributed by atoms with Crippen molar-refractivity contribution in [2.24, 2.45) is 0 Å². The van der Waals surface area contributed by atoms with Gasteiger partial charge in [0.1, 0.15) is 32.4 Å². The molecule has 0 radical (unpaired) electrons. The third-order valence-electron chi connectivity index (χ3n) is 12.8. The molecule has 3 aliphatic rings. The van der Waals surface area contributed by atoms with Crippen LogP contribution >= 0.6 is 0 Å². The number of rotatable bonds is 35. The lowest BCUT2D eigenvalue weighted by molar-refractivity contribution is -0.383. The van der Waals surface area contributed by atoms with E-state index in [2.05, 4.69) is 26.3 Å². The van der Waals surface area contributed by atoms with Crippen LogP contribution in [-0.2, 0) is 90.3 Å². The van der Waals surface area contributed by atoms with E-state index in [9.17, 15) is 53.3 Å². The van der Waals surface area contributed by atoms with Crippen LogP contribution in [-0.4, -0.2) is 165 Å². The quantitative estimate of drug-likeness (QED) is 0.0165. The van der Waals surface area contributed by atoms with Crippen LogP contribution in [0.5, 0.6) is 0 Å². The van der Waals surface area contributed by atoms with E-state index in [-0.39, 0.29) is 125 Å². The summed E-state index contributed by atoms with van der Waals surface area (Å²) < 4.78 is 39.6. The lowest BCUT2D eigenvalue weighted by Crippen LogP contribution is -2.51. The van der Waals surface area contributed by atoms with E-state index in [0.29, 0.717) is 87.3 Å². The zero-order chi connectivity index (χ0) is 56.0. The first-order valence-electron chi connectivity index (χ1n) is 25.9. The van der Waals surface area contributed by atoms with Gasteiger partial charge in [0.2, 0.25) is 29.2 Å². The predicted molar refractivity (Wildman–Crippen MR) is 274 cm³/mol. The van der Waals surface area contributed by atoms with Crippen molar-refractivity contribution in [1.29, 1.82) is 0 Å². The summed E-state index contributed by atoms with van der Waals surface area (Å²) >= 11 is 0. The third kappa shape index (κ3) is 16.3. The minimum Gasteiger partial charge on any atom is -0.457 e. The Labute approximate surface area is 448 Å². The molecular formula is C52H66N8O18. The SMILES string of the molecule is CCOCCOCC(=O)NC(CCCCNC(=O)COCCOCCOCCNC(=O)CCCCCN1C(=O)C=CC1=O)C(=O)NCC(=O)O[C@]1(CC)C(=O)OCc2c1cc1n(c2=O)Cc2cc3c([N+](=O)[O-])cccc3nc2-1. The van der Waals surface area contributed by atoms with E-state index in [1.807, 2.05) is 6.92 Å². The van der Waals surface area contributed by atoms with Crippen molar-refractivity contribution in [3.8, 4) is 11.4 Å². The highest BCUT2D eigenvalue weighted by atomic mass is 16.6. The van der Waals surface area contributed by atoms with Crippen LogP contribution in [0.4, 0.5) is 5.69 Å². The maximum atomic E-state index is 14.0. The highest BCUT2D eigenvalue weighted by Gasteiger charge is 2.50. The molecule has 4 N–H and O–H groups in total. The largest absolute Gasteiger partial charge is 0.457 e. The number of hydrogen-bond acceptors (Lipinski definition) is 19. The molecule has 0 bridgehead atoms. The number of nitrogens with zero attached hydrogens (tertiary/aromatic N) is 4. The number of imide groups is 1. The van der Waals surface area contributed by atoms with Crippen molar-refractivity contribution in [3.63, 3.8) is 0 Å². The molecule has 0 aliphatic carbocycles. The van der Waals surface area contributed by atoms with Crippen molar-refractivity contribution in [3.05, 3.63) is 79.6 Å². The van der Waals surface area contributed by atoms with E-state index in [4.69, 9.17) is 33.2 Å². The van der Waals surface area contributed by atoms with Gasteiger partial charge >= 0.3 is 11.9 Å². The number of pyridine rings is 2. The number of esters is 2. The molecule has 26 heteroatoms. The number of ether oxygens (including phenoxy) is 7. The number of unbranched alkanes of at least 4 members (excludes halogenated alkanes) is 3. The molecule has 6 rings (SSSR count). The average Bonchev–Trinajstić information content (AvgIpc) is 4.16. The molecule has 5 heterocycles. The third-order valence-corrected chi connectivity index (χ3v) is 12.8. The van der Waals surface area contributed by atoms with Crippen LogP contribution in [0, 0.1) is 10.1 Å². The van der Waals surface area contributed by atoms with Gasteiger partial charge in [-0.05, 0) is 63.6 Å². The number of hydrogen-bond donors (Lipinski definition) is 4. The van der Waals surface area contributed by atoms with Gasteiger partial charge in [-0.1, -0.05) is 19.4 Å². The number of fused-ring (bicyclic) bond motifs is 5. The van der Waals surface area contributed by atoms with Gasteiger partial charge in [-0.2, -0.15) is 0 Å². The molecule has 0 saturated carbocycles. The van der Waals surface area contributed by atoms with Crippen LogP contribution in [0.1, 0.15) is 81.9 Å². The summed E-state index contributed by atoms with van der Waals surface area (Å²) in [5.41, 5.74) is -1.12. The minimum absolute atomic E-state index is 0.0381. The number of non-ortho nitro benzene ring substituents is 1. The van der Waals surface area contributed by atoms with E-state index >= 15 is 0 Å². The molecule has 0 saturated heterocycles. The summed E-state index contributed by atoms with van der Waals surface area (Å²) in [6.45, 7) is 4.59. The molecule has 1 aromatic carbocycles. The second kappa shape index (κ2) is 29.8. The van der Waals surface area contributed by atoms with Gasteiger partial charge < -0.3 is 59.0 Å². The predicted octanol–water partition coefficient (Wildman–Crippen LogP) is 1.13. The van der Waals surface area contributed by atoms with E-state index in [1.165, 1.54) is 39.8 Å². The highest BCUT2D eigenvalue weighted by Crippen LogP contribution is 2.41. The lowest BCUT2D eigenvalue weighted by atomic mass is 9.85. The monoisotopic (exact) mass is 1090 g/mol. The van der Waals surface area contributed by atoms with E-state index in [0.717, 1.165) is 0 Å². The number of aromatic nitrogens is 2. The Morgan fingerprint density at radius 2 is 1.49 bits per heavy atom. The maximum absolute atomic E-state index is 14.0. The number of amides is 6. The second-order valence-electron chi connectivity index (χ2n) is 18.2. The Morgan fingerprint density at radius 3 is 2.21 bits per heavy atom. The van der Waals surface area contributed by atoms with Gasteiger partial charge in [-0.25, -0.2) is 9.78 Å². The van der Waals surface area contributed by atoms with Crippen molar-refractivity contribution in [2.45, 2.75) is 90.0 Å². The highest BCUT2D eigenvalue weighted by molar-refractivity contribution is 6.12. The Morgan fingerprint density at radius 1 is 0.795 bits per heavy atom. The summed E-state index contributed by atoms with van der Waals surface area (Å²) in [6, 6.07) is 6.46. The first-order valence-corrected chi connectivity index (χ1v) is 25.9. The average molecular weight is 1090 g/mol. The summed E-state index contributed by atoms with van der Waals surface area (Å²) in [4.78, 5) is 132. The first kappa shape index (κ1) is 59.7. The summed E-state index contributed by atoms with van der Waals surface area (Å²) in [5, 5.41) is 22.6. The van der Waals surface area contributed by atoms with Gasteiger partial charge in [0.15, 0.2) is 0 Å². The zero-order valence-corrected chi connectivity index (χ0v) is 43.7. The number of benzene rings is 1. The molecule has 78 heavy (non-hydrogen) atoms. The van der Waals surface area contributed by atoms with Crippen LogP contribution in [0.25, 0.3) is 22.3 Å². The van der Waals surface area contributed by atoms with E-state index in [1.54, 1.807) is 19.1 Å². The van der Waals surface area contributed by atoms with Crippen molar-refractivity contribution in [2.75, 3.05) is 92.2 Å². The second-order valence-corrected chi connectivity index (χ2v) is 18.2. The van der Waals surface area contributed by atoms with Gasteiger partial charge in [0, 0.05) is 62.0 Å². The Hall–Kier alpha value is -7.52. The molecule has 3 aromatic rings. The standard InChI is InChI=1S/C52H66N8O18/c1-3-52(37-28-41-48-34(30-59(41)50(68)36(37)31-77-51(52)69)27-35-38(57-48)12-10-13-40(35)60(70)71)78-47(66)29-55-49(67)39(56-44(63)33-76-25-21-72-4-2)11-7-8-17-53-43(62)32-75-26-24-74-23-22-73-20-18-54-42(61)14-6-5-9-19-58-45(64)15-16-46(58)65/h10,12-13,15-16,27-28,39H,3-9,11,14,17-26,29-33H2,1-2H3,(H,53,62)(H,54,61)(H,55,67)(H,56,63)/t39?,52-/m0/s1. The van der Waals surface area contributed by atoms with Crippen molar-refractivity contribution >= 4 is 64.0 Å². The summed E-state index contributed by atoms with van der Waals surface area (Å²) in [5.74, 6) is -4.47. The van der Waals surface area contributed by atoms with Gasteiger partial charge in [-0.15, -0.1) is 0 Å². The Kier molecular flexibility index (Phi) is 22.9. The minimum atomic E-state index is -2.09. The van der Waals surface area contributed by atoms with Crippen molar-refractivity contribution in [1.82, 2.24) is 35.7 Å². The topological polar surface area (TPSA) is 331 Å². The summed E-state index contributed by atoms with van der Waals surface area (Å²) in [7, 11) is 0. The molecule has 26 nitrogen and oxygen atoms in total. The number of carbonyl (C=O) groups excluding carboxylic acids is 8. The molecule has 6 amide bonds. The molecule has 422 valence electrons. The number of nitrogens with one attached hydrogen (secondary N) is 4. The molecular weight excluding hydrogens is 1020 g/mol. The number of cyclic esters (lactones) is 1. The van der Waals surface area contributed by atoms with Crippen LogP contribution in [0.3, 0.4) is 0 Å². The molecule has 0 fully saturated rings. The van der Waals surface area contributed by atoms with Crippen molar-refractivity contribution < 1.29 is 76.4 Å². The fraction of sp³-hybridized carbons (Fsp3) is 0.538. The Bertz CT molecular complexity index is 2760. The van der Waals surface area contributed by atoms with Gasteiger partial charge in [0.05, 0.1) is 85.6 Å². The molecule has 2 aromatic heterocycles. The molecule has 0 spiro atoms. The molecule has 1 unspecified atom stereocenters. The van der Waals surface area contributed by atoms with E-state index < -0.39 is 59.0 Å². The van der Waals surface area contributed by atoms with Gasteiger partial charge in [0.25, 0.3) is 23.1 Å². The Balaban J connectivity index is 0.897. The first-order chi connectivity index (χ1) is 37.7. The van der Waals surface area contributed by atoms with Crippen LogP contribution in [0.2, 0.25) is 0 Å². The fourth-order valence-corrected chi connectivity index (χ4v) is 8.84. The number of nitro groups is 1. The smallest absolute Gasteiger partial charge is 0.355 e. The maximum Gasteiger partial charge on any atom is 0.355 e. The fourth-order valence-electron chi connectivity index (χ4n) is 8.84. The zero-order valence-electron chi connectivity index (χ0n) is 43.7. The number of nitro benzene ring substituents is 1. The molecule has 2 atom stereocenters.